The normalized spacial score (nSPS) is 15.6. The molecule has 3 aromatic rings. The fourth-order valence-corrected chi connectivity index (χ4v) is 3.93. The number of para-hydroxylation sites is 1. The maximum Gasteiger partial charge on any atom is 0.165 e. The van der Waals surface area contributed by atoms with Gasteiger partial charge in [-0.15, -0.1) is 0 Å². The second-order valence-corrected chi connectivity index (χ2v) is 6.91. The number of fused-ring (bicyclic) bond motifs is 1. The molecule has 1 aromatic heterocycles. The van der Waals surface area contributed by atoms with Crippen molar-refractivity contribution in [1.29, 1.82) is 0 Å². The standard InChI is InChI=1S/C19H20FN3OS/c20-16-6-2-3-7-17(16)24-14-13-22-9-11-23(12-10-22)19-15-5-1-4-8-18(15)25-21-19/h1-8H,9-14H2. The van der Waals surface area contributed by atoms with Gasteiger partial charge in [-0.2, -0.15) is 4.37 Å². The molecule has 4 rings (SSSR count). The maximum absolute atomic E-state index is 13.5. The second-order valence-electron chi connectivity index (χ2n) is 6.11. The van der Waals surface area contributed by atoms with E-state index in [1.165, 1.54) is 16.2 Å². The van der Waals surface area contributed by atoms with Crippen molar-refractivity contribution in [2.45, 2.75) is 0 Å². The fraction of sp³-hybridized carbons (Fsp3) is 0.316. The largest absolute Gasteiger partial charge is 0.489 e. The molecule has 6 heteroatoms. The molecule has 0 spiro atoms. The Balaban J connectivity index is 1.29. The molecular formula is C19H20FN3OS. The van der Waals surface area contributed by atoms with Crippen molar-refractivity contribution in [2.75, 3.05) is 44.2 Å². The number of piperazine rings is 1. The molecule has 0 saturated carbocycles. The van der Waals surface area contributed by atoms with Crippen LogP contribution in [0, 0.1) is 5.82 Å². The lowest BCUT2D eigenvalue weighted by molar-refractivity contribution is 0.196. The molecule has 0 unspecified atom stereocenters. The molecule has 2 heterocycles. The van der Waals surface area contributed by atoms with Crippen LogP contribution in [-0.4, -0.2) is 48.6 Å². The van der Waals surface area contributed by atoms with Gasteiger partial charge in [0, 0.05) is 38.1 Å². The summed E-state index contributed by atoms with van der Waals surface area (Å²) in [5.41, 5.74) is 0. The fourth-order valence-electron chi connectivity index (χ4n) is 3.13. The first-order valence-electron chi connectivity index (χ1n) is 8.50. The molecule has 1 aliphatic heterocycles. The Hall–Kier alpha value is -2.18. The summed E-state index contributed by atoms with van der Waals surface area (Å²) in [6.45, 7) is 5.14. The highest BCUT2D eigenvalue weighted by molar-refractivity contribution is 7.13. The van der Waals surface area contributed by atoms with Crippen LogP contribution in [0.4, 0.5) is 10.2 Å². The smallest absolute Gasteiger partial charge is 0.165 e. The van der Waals surface area contributed by atoms with Gasteiger partial charge in [0.25, 0.3) is 0 Å². The summed E-state index contributed by atoms with van der Waals surface area (Å²) in [7, 11) is 0. The summed E-state index contributed by atoms with van der Waals surface area (Å²) < 4.78 is 25.0. The van der Waals surface area contributed by atoms with E-state index in [4.69, 9.17) is 4.74 Å². The number of nitrogens with zero attached hydrogens (tertiary/aromatic N) is 3. The molecule has 2 aromatic carbocycles. The van der Waals surface area contributed by atoms with Crippen LogP contribution < -0.4 is 9.64 Å². The van der Waals surface area contributed by atoms with Crippen LogP contribution in [0.5, 0.6) is 5.75 Å². The lowest BCUT2D eigenvalue weighted by Gasteiger charge is -2.34. The number of rotatable bonds is 5. The van der Waals surface area contributed by atoms with Crippen LogP contribution in [-0.2, 0) is 0 Å². The van der Waals surface area contributed by atoms with E-state index in [9.17, 15) is 4.39 Å². The van der Waals surface area contributed by atoms with Gasteiger partial charge in [-0.25, -0.2) is 4.39 Å². The lowest BCUT2D eigenvalue weighted by Crippen LogP contribution is -2.47. The maximum atomic E-state index is 13.5. The molecule has 0 N–H and O–H groups in total. The van der Waals surface area contributed by atoms with Crippen molar-refractivity contribution < 1.29 is 9.13 Å². The van der Waals surface area contributed by atoms with Gasteiger partial charge in [-0.05, 0) is 35.8 Å². The average Bonchev–Trinajstić information content (AvgIpc) is 3.08. The van der Waals surface area contributed by atoms with E-state index in [2.05, 4.69) is 38.4 Å². The van der Waals surface area contributed by atoms with Gasteiger partial charge in [-0.3, -0.25) is 4.90 Å². The van der Waals surface area contributed by atoms with Crippen LogP contribution in [0.15, 0.2) is 48.5 Å². The van der Waals surface area contributed by atoms with E-state index in [0.29, 0.717) is 12.4 Å². The molecule has 1 aliphatic rings. The lowest BCUT2D eigenvalue weighted by atomic mass is 10.2. The second kappa shape index (κ2) is 7.37. The zero-order chi connectivity index (χ0) is 17.1. The van der Waals surface area contributed by atoms with E-state index in [1.54, 1.807) is 29.7 Å². The Labute approximate surface area is 150 Å². The third kappa shape index (κ3) is 3.60. The van der Waals surface area contributed by atoms with Crippen LogP contribution >= 0.6 is 11.5 Å². The quantitative estimate of drug-likeness (QED) is 0.697. The van der Waals surface area contributed by atoms with E-state index in [0.717, 1.165) is 38.5 Å². The van der Waals surface area contributed by atoms with E-state index in [-0.39, 0.29) is 5.82 Å². The van der Waals surface area contributed by atoms with Crippen molar-refractivity contribution in [3.8, 4) is 5.75 Å². The molecule has 1 fully saturated rings. The van der Waals surface area contributed by atoms with Gasteiger partial charge in [-0.1, -0.05) is 24.3 Å². The summed E-state index contributed by atoms with van der Waals surface area (Å²) in [4.78, 5) is 4.71. The minimum atomic E-state index is -0.303. The zero-order valence-corrected chi connectivity index (χ0v) is 14.7. The predicted molar refractivity (Wildman–Crippen MR) is 100 cm³/mol. The molecule has 25 heavy (non-hydrogen) atoms. The highest BCUT2D eigenvalue weighted by Crippen LogP contribution is 2.29. The summed E-state index contributed by atoms with van der Waals surface area (Å²) >= 11 is 1.56. The molecule has 0 atom stereocenters. The van der Waals surface area contributed by atoms with Crippen molar-refractivity contribution in [1.82, 2.24) is 9.27 Å². The Morgan fingerprint density at radius 3 is 2.60 bits per heavy atom. The minimum Gasteiger partial charge on any atom is -0.489 e. The Morgan fingerprint density at radius 2 is 1.76 bits per heavy atom. The Morgan fingerprint density at radius 1 is 1.00 bits per heavy atom. The highest BCUT2D eigenvalue weighted by Gasteiger charge is 2.20. The van der Waals surface area contributed by atoms with E-state index < -0.39 is 0 Å². The van der Waals surface area contributed by atoms with Gasteiger partial charge in [0.15, 0.2) is 11.6 Å². The number of ether oxygens (including phenoxy) is 1. The first-order valence-corrected chi connectivity index (χ1v) is 9.27. The van der Waals surface area contributed by atoms with Gasteiger partial charge in [0.1, 0.15) is 12.4 Å². The number of halogens is 1. The predicted octanol–water partition coefficient (Wildman–Crippen LogP) is 3.64. The number of hydrogen-bond acceptors (Lipinski definition) is 5. The van der Waals surface area contributed by atoms with Crippen molar-refractivity contribution in [2.24, 2.45) is 0 Å². The Bertz CT molecular complexity index is 845. The van der Waals surface area contributed by atoms with Crippen molar-refractivity contribution in [3.05, 3.63) is 54.3 Å². The summed E-state index contributed by atoms with van der Waals surface area (Å²) in [6, 6.07) is 14.9. The van der Waals surface area contributed by atoms with Crippen LogP contribution in [0.25, 0.3) is 10.1 Å². The van der Waals surface area contributed by atoms with Crippen LogP contribution in [0.1, 0.15) is 0 Å². The number of anilines is 1. The van der Waals surface area contributed by atoms with Gasteiger partial charge < -0.3 is 9.64 Å². The van der Waals surface area contributed by atoms with Gasteiger partial charge in [0.2, 0.25) is 0 Å². The third-order valence-corrected chi connectivity index (χ3v) is 5.35. The average molecular weight is 357 g/mol. The van der Waals surface area contributed by atoms with Crippen LogP contribution in [0.2, 0.25) is 0 Å². The molecule has 0 amide bonds. The summed E-state index contributed by atoms with van der Waals surface area (Å²) in [5, 5.41) is 1.24. The number of hydrogen-bond donors (Lipinski definition) is 0. The topological polar surface area (TPSA) is 28.6 Å². The molecule has 1 saturated heterocycles. The Kier molecular flexibility index (Phi) is 4.81. The molecule has 0 aliphatic carbocycles. The SMILES string of the molecule is Fc1ccccc1OCCN1CCN(c2nsc3ccccc23)CC1. The highest BCUT2D eigenvalue weighted by atomic mass is 32.1. The minimum absolute atomic E-state index is 0.303. The van der Waals surface area contributed by atoms with E-state index >= 15 is 0 Å². The molecule has 4 nitrogen and oxygen atoms in total. The molecule has 130 valence electrons. The van der Waals surface area contributed by atoms with Gasteiger partial charge in [0.05, 0.1) is 4.70 Å². The van der Waals surface area contributed by atoms with E-state index in [1.807, 2.05) is 0 Å². The molecule has 0 radical (unpaired) electrons. The van der Waals surface area contributed by atoms with Gasteiger partial charge >= 0.3 is 0 Å². The first kappa shape index (κ1) is 16.3. The summed E-state index contributed by atoms with van der Waals surface area (Å²) in [6.07, 6.45) is 0. The summed E-state index contributed by atoms with van der Waals surface area (Å²) in [5.74, 6) is 1.13. The molecule has 0 bridgehead atoms. The third-order valence-electron chi connectivity index (χ3n) is 4.53. The number of aromatic nitrogens is 1. The van der Waals surface area contributed by atoms with Crippen molar-refractivity contribution >= 4 is 27.4 Å². The number of benzene rings is 2. The van der Waals surface area contributed by atoms with Crippen LogP contribution in [0.3, 0.4) is 0 Å². The monoisotopic (exact) mass is 357 g/mol. The first-order chi connectivity index (χ1) is 12.3. The zero-order valence-electron chi connectivity index (χ0n) is 13.9. The molecular weight excluding hydrogens is 337 g/mol. The van der Waals surface area contributed by atoms with Crippen molar-refractivity contribution in [3.63, 3.8) is 0 Å².